The molecule has 0 spiro atoms. The number of carbonyl (C=O) groups is 1. The van der Waals surface area contributed by atoms with Gasteiger partial charge in [-0.3, -0.25) is 15.1 Å². The van der Waals surface area contributed by atoms with Crippen molar-refractivity contribution in [3.8, 4) is 0 Å². The quantitative estimate of drug-likeness (QED) is 0.416. The fraction of sp³-hybridized carbons (Fsp3) is 0.625. The van der Waals surface area contributed by atoms with Crippen LogP contribution in [0.4, 0.5) is 0 Å². The van der Waals surface area contributed by atoms with Gasteiger partial charge in [0.25, 0.3) is 5.91 Å². The minimum absolute atomic E-state index is 0.0413. The predicted octanol–water partition coefficient (Wildman–Crippen LogP) is -2.18. The highest BCUT2D eigenvalue weighted by Crippen LogP contribution is 2.01. The standard InChI is InChI=1S/C8H14N4O3/c9-8-11-6(7(15)12-8)10-2-1-5(3-13)4-14/h5,13-14H,1-4H2,(H3,9,10,11,12,15). The zero-order valence-corrected chi connectivity index (χ0v) is 8.18. The normalized spacial score (nSPS) is 18.5. The smallest absolute Gasteiger partial charge is 0.295 e. The van der Waals surface area contributed by atoms with Gasteiger partial charge in [0.2, 0.25) is 11.8 Å². The summed E-state index contributed by atoms with van der Waals surface area (Å²) in [7, 11) is 0. The van der Waals surface area contributed by atoms with Gasteiger partial charge in [-0.05, 0) is 6.42 Å². The highest BCUT2D eigenvalue weighted by Gasteiger charge is 2.18. The maximum Gasteiger partial charge on any atom is 0.295 e. The van der Waals surface area contributed by atoms with Crippen molar-refractivity contribution >= 4 is 17.7 Å². The monoisotopic (exact) mass is 214 g/mol. The first-order valence-electron chi connectivity index (χ1n) is 4.59. The van der Waals surface area contributed by atoms with Crippen LogP contribution in [0.15, 0.2) is 9.98 Å². The number of carbonyl (C=O) groups excluding carboxylic acids is 1. The van der Waals surface area contributed by atoms with Gasteiger partial charge >= 0.3 is 0 Å². The molecule has 0 radical (unpaired) electrons. The van der Waals surface area contributed by atoms with Crippen molar-refractivity contribution in [1.29, 1.82) is 0 Å². The van der Waals surface area contributed by atoms with Gasteiger partial charge in [-0.2, -0.15) is 4.99 Å². The summed E-state index contributed by atoms with van der Waals surface area (Å²) in [6.45, 7) is 0.128. The van der Waals surface area contributed by atoms with E-state index in [2.05, 4.69) is 15.3 Å². The number of aliphatic hydroxyl groups is 2. The van der Waals surface area contributed by atoms with Crippen molar-refractivity contribution in [2.45, 2.75) is 6.42 Å². The molecule has 1 heterocycles. The molecule has 1 rings (SSSR count). The average molecular weight is 214 g/mol. The molecule has 0 aromatic heterocycles. The van der Waals surface area contributed by atoms with E-state index >= 15 is 0 Å². The first kappa shape index (κ1) is 11.6. The Morgan fingerprint density at radius 2 is 2.13 bits per heavy atom. The Kier molecular flexibility index (Phi) is 4.19. The van der Waals surface area contributed by atoms with Crippen LogP contribution in [-0.4, -0.2) is 47.7 Å². The van der Waals surface area contributed by atoms with E-state index in [4.69, 9.17) is 15.9 Å². The molecule has 0 saturated heterocycles. The highest BCUT2D eigenvalue weighted by molar-refractivity contribution is 6.46. The van der Waals surface area contributed by atoms with Gasteiger partial charge in [-0.15, -0.1) is 0 Å². The summed E-state index contributed by atoms with van der Waals surface area (Å²) in [6.07, 6.45) is 0.499. The minimum atomic E-state index is -0.419. The molecule has 7 heteroatoms. The maximum absolute atomic E-state index is 11.1. The van der Waals surface area contributed by atoms with Crippen LogP contribution in [0.3, 0.4) is 0 Å². The molecule has 0 aliphatic carbocycles. The third-order valence-corrected chi connectivity index (χ3v) is 1.99. The molecule has 15 heavy (non-hydrogen) atoms. The summed E-state index contributed by atoms with van der Waals surface area (Å²) in [6, 6.07) is 0. The number of aliphatic imine (C=N–C) groups is 2. The van der Waals surface area contributed by atoms with Gasteiger partial charge in [0.05, 0.1) is 0 Å². The summed E-state index contributed by atoms with van der Waals surface area (Å²) in [5.74, 6) is -0.543. The van der Waals surface area contributed by atoms with E-state index in [1.165, 1.54) is 0 Å². The van der Waals surface area contributed by atoms with Crippen molar-refractivity contribution in [3.63, 3.8) is 0 Å². The number of amidine groups is 1. The summed E-state index contributed by atoms with van der Waals surface area (Å²) < 4.78 is 0. The molecule has 0 atom stereocenters. The lowest BCUT2D eigenvalue weighted by Crippen LogP contribution is -2.31. The predicted molar refractivity (Wildman–Crippen MR) is 54.3 cm³/mol. The number of nitrogens with zero attached hydrogens (tertiary/aromatic N) is 2. The number of guanidine groups is 1. The topological polar surface area (TPSA) is 120 Å². The van der Waals surface area contributed by atoms with Crippen LogP contribution in [0.2, 0.25) is 0 Å². The second-order valence-electron chi connectivity index (χ2n) is 3.18. The molecular weight excluding hydrogens is 200 g/mol. The van der Waals surface area contributed by atoms with Gasteiger partial charge < -0.3 is 15.9 Å². The molecule has 84 valence electrons. The van der Waals surface area contributed by atoms with Crippen LogP contribution in [-0.2, 0) is 4.79 Å². The third kappa shape index (κ3) is 3.30. The molecule has 0 unspecified atom stereocenters. The van der Waals surface area contributed by atoms with Crippen molar-refractivity contribution < 1.29 is 15.0 Å². The summed E-state index contributed by atoms with van der Waals surface area (Å²) in [4.78, 5) is 18.6. The van der Waals surface area contributed by atoms with E-state index in [1.54, 1.807) is 0 Å². The van der Waals surface area contributed by atoms with Crippen LogP contribution in [0.5, 0.6) is 0 Å². The first-order valence-corrected chi connectivity index (χ1v) is 4.59. The Bertz CT molecular complexity index is 296. The fourth-order valence-corrected chi connectivity index (χ4v) is 1.07. The number of rotatable bonds is 5. The van der Waals surface area contributed by atoms with Gasteiger partial charge in [0.15, 0.2) is 0 Å². The van der Waals surface area contributed by atoms with E-state index < -0.39 is 5.91 Å². The Morgan fingerprint density at radius 3 is 2.60 bits per heavy atom. The largest absolute Gasteiger partial charge is 0.396 e. The van der Waals surface area contributed by atoms with E-state index in [1.807, 2.05) is 0 Å². The minimum Gasteiger partial charge on any atom is -0.396 e. The second kappa shape index (κ2) is 5.42. The molecule has 0 bridgehead atoms. The number of nitrogens with two attached hydrogens (primary N) is 1. The van der Waals surface area contributed by atoms with E-state index in [9.17, 15) is 4.79 Å². The molecular formula is C8H14N4O3. The average Bonchev–Trinajstić information content (AvgIpc) is 2.52. The molecule has 0 saturated carbocycles. The highest BCUT2D eigenvalue weighted by atomic mass is 16.3. The molecule has 0 aromatic rings. The molecule has 1 aliphatic heterocycles. The number of nitrogens with one attached hydrogen (secondary N) is 1. The first-order chi connectivity index (χ1) is 7.17. The van der Waals surface area contributed by atoms with E-state index in [0.717, 1.165) is 0 Å². The Labute approximate surface area is 86.7 Å². The summed E-state index contributed by atoms with van der Waals surface area (Å²) in [5, 5.41) is 19.8. The number of hydrogen-bond donors (Lipinski definition) is 4. The summed E-state index contributed by atoms with van der Waals surface area (Å²) >= 11 is 0. The lowest BCUT2D eigenvalue weighted by atomic mass is 10.1. The Hall–Kier alpha value is -1.47. The van der Waals surface area contributed by atoms with Crippen molar-refractivity contribution in [3.05, 3.63) is 0 Å². The van der Waals surface area contributed by atoms with E-state index in [0.29, 0.717) is 13.0 Å². The molecule has 0 aromatic carbocycles. The maximum atomic E-state index is 11.1. The van der Waals surface area contributed by atoms with Crippen LogP contribution < -0.4 is 11.1 Å². The zero-order valence-electron chi connectivity index (χ0n) is 8.18. The molecule has 5 N–H and O–H groups in total. The second-order valence-corrected chi connectivity index (χ2v) is 3.18. The van der Waals surface area contributed by atoms with Crippen LogP contribution in [0.25, 0.3) is 0 Å². The van der Waals surface area contributed by atoms with Crippen LogP contribution in [0.1, 0.15) is 6.42 Å². The third-order valence-electron chi connectivity index (χ3n) is 1.99. The lowest BCUT2D eigenvalue weighted by molar-refractivity contribution is -0.113. The molecule has 1 amide bonds. The Morgan fingerprint density at radius 1 is 1.47 bits per heavy atom. The number of hydrogen-bond acceptors (Lipinski definition) is 5. The SMILES string of the molecule is NC1=NC(=NCCC(CO)CO)C(=O)N1. The number of amides is 1. The fourth-order valence-electron chi connectivity index (χ4n) is 1.07. The van der Waals surface area contributed by atoms with Crippen molar-refractivity contribution in [2.24, 2.45) is 21.6 Å². The van der Waals surface area contributed by atoms with Gasteiger partial charge in [0, 0.05) is 25.7 Å². The summed E-state index contributed by atoms with van der Waals surface area (Å²) in [5.41, 5.74) is 5.26. The van der Waals surface area contributed by atoms with Gasteiger partial charge in [0.1, 0.15) is 0 Å². The molecule has 0 fully saturated rings. The van der Waals surface area contributed by atoms with Gasteiger partial charge in [-0.25, -0.2) is 0 Å². The van der Waals surface area contributed by atoms with Crippen LogP contribution >= 0.6 is 0 Å². The lowest BCUT2D eigenvalue weighted by Gasteiger charge is -2.07. The zero-order chi connectivity index (χ0) is 11.3. The van der Waals surface area contributed by atoms with Gasteiger partial charge in [-0.1, -0.05) is 0 Å². The van der Waals surface area contributed by atoms with E-state index in [-0.39, 0.29) is 30.9 Å². The number of aliphatic hydroxyl groups excluding tert-OH is 2. The molecule has 7 nitrogen and oxygen atoms in total. The Balaban J connectivity index is 2.41. The van der Waals surface area contributed by atoms with Crippen molar-refractivity contribution in [1.82, 2.24) is 5.32 Å². The van der Waals surface area contributed by atoms with Crippen molar-refractivity contribution in [2.75, 3.05) is 19.8 Å². The van der Waals surface area contributed by atoms with Crippen LogP contribution in [0, 0.1) is 5.92 Å². The molecule has 1 aliphatic rings.